The summed E-state index contributed by atoms with van der Waals surface area (Å²) >= 11 is 0. The third-order valence-corrected chi connectivity index (χ3v) is 3.32. The van der Waals surface area contributed by atoms with E-state index >= 15 is 0 Å². The van der Waals surface area contributed by atoms with Crippen molar-refractivity contribution >= 4 is 16.7 Å². The van der Waals surface area contributed by atoms with Crippen molar-refractivity contribution in [2.24, 2.45) is 0 Å². The molecule has 0 aliphatic rings. The van der Waals surface area contributed by atoms with Crippen LogP contribution in [-0.2, 0) is 4.74 Å². The van der Waals surface area contributed by atoms with Crippen LogP contribution in [0.1, 0.15) is 6.92 Å². The van der Waals surface area contributed by atoms with Gasteiger partial charge in [0.15, 0.2) is 5.82 Å². The number of nitrogens with zero attached hydrogens (tertiary/aromatic N) is 3. The summed E-state index contributed by atoms with van der Waals surface area (Å²) < 4.78 is 5.19. The maximum absolute atomic E-state index is 5.19. The Morgan fingerprint density at radius 2 is 2.00 bits per heavy atom. The molecule has 0 fully saturated rings. The second-order valence-electron chi connectivity index (χ2n) is 5.16. The molecule has 5 nitrogen and oxygen atoms in total. The molecule has 0 amide bonds. The Balaban J connectivity index is 2.08. The van der Waals surface area contributed by atoms with Crippen LogP contribution in [0.3, 0.4) is 0 Å². The number of pyridine rings is 1. The monoisotopic (exact) mass is 294 g/mol. The molecule has 22 heavy (non-hydrogen) atoms. The maximum Gasteiger partial charge on any atom is 0.163 e. The lowest BCUT2D eigenvalue weighted by Gasteiger charge is -2.16. The van der Waals surface area contributed by atoms with Crippen LogP contribution in [0.2, 0.25) is 0 Å². The van der Waals surface area contributed by atoms with Crippen molar-refractivity contribution in [1.29, 1.82) is 0 Å². The summed E-state index contributed by atoms with van der Waals surface area (Å²) in [4.78, 5) is 13.5. The molecule has 1 aromatic carbocycles. The van der Waals surface area contributed by atoms with Crippen LogP contribution in [0, 0.1) is 0 Å². The Kier molecular flexibility index (Phi) is 4.25. The van der Waals surface area contributed by atoms with Crippen LogP contribution < -0.4 is 5.32 Å². The van der Waals surface area contributed by atoms with Crippen LogP contribution in [0.15, 0.2) is 48.8 Å². The van der Waals surface area contributed by atoms with Gasteiger partial charge >= 0.3 is 0 Å². The Morgan fingerprint density at radius 1 is 1.14 bits per heavy atom. The molecule has 0 bridgehead atoms. The summed E-state index contributed by atoms with van der Waals surface area (Å²) in [6.07, 6.45) is 3.51. The molecule has 0 unspecified atom stereocenters. The van der Waals surface area contributed by atoms with Gasteiger partial charge in [0.2, 0.25) is 0 Å². The molecule has 2 heterocycles. The molecule has 112 valence electrons. The van der Waals surface area contributed by atoms with Crippen molar-refractivity contribution in [2.45, 2.75) is 13.0 Å². The van der Waals surface area contributed by atoms with Gasteiger partial charge in [-0.2, -0.15) is 0 Å². The van der Waals surface area contributed by atoms with E-state index in [2.05, 4.69) is 27.2 Å². The normalized spacial score (nSPS) is 12.3. The topological polar surface area (TPSA) is 59.9 Å². The summed E-state index contributed by atoms with van der Waals surface area (Å²) in [7, 11) is 1.69. The SMILES string of the molecule is COC[C@@H](C)Nc1nc(-c2cccnc2)nc2ccccc12. The summed E-state index contributed by atoms with van der Waals surface area (Å²) in [6, 6.07) is 12.0. The van der Waals surface area contributed by atoms with Crippen molar-refractivity contribution in [3.05, 3.63) is 48.8 Å². The first-order valence-corrected chi connectivity index (χ1v) is 7.20. The van der Waals surface area contributed by atoms with Crippen molar-refractivity contribution in [2.75, 3.05) is 19.0 Å². The fourth-order valence-corrected chi connectivity index (χ4v) is 2.34. The molecule has 5 heteroatoms. The number of rotatable bonds is 5. The summed E-state index contributed by atoms with van der Waals surface area (Å²) in [6.45, 7) is 2.67. The average Bonchev–Trinajstić information content (AvgIpc) is 2.56. The molecule has 0 saturated heterocycles. The zero-order valence-electron chi connectivity index (χ0n) is 12.7. The second kappa shape index (κ2) is 6.49. The molecule has 3 rings (SSSR count). The van der Waals surface area contributed by atoms with Crippen LogP contribution in [0.5, 0.6) is 0 Å². The van der Waals surface area contributed by atoms with Gasteiger partial charge < -0.3 is 10.1 Å². The third kappa shape index (κ3) is 3.04. The van der Waals surface area contributed by atoms with Gasteiger partial charge in [0, 0.05) is 36.5 Å². The first-order chi connectivity index (χ1) is 10.8. The van der Waals surface area contributed by atoms with Crippen LogP contribution in [-0.4, -0.2) is 34.7 Å². The Bertz CT molecular complexity index is 761. The molecule has 3 aromatic rings. The fraction of sp³-hybridized carbons (Fsp3) is 0.235. The first kappa shape index (κ1) is 14.4. The number of hydrogen-bond donors (Lipinski definition) is 1. The van der Waals surface area contributed by atoms with E-state index in [9.17, 15) is 0 Å². The lowest BCUT2D eigenvalue weighted by molar-refractivity contribution is 0.190. The highest BCUT2D eigenvalue weighted by atomic mass is 16.5. The van der Waals surface area contributed by atoms with E-state index in [1.807, 2.05) is 36.4 Å². The van der Waals surface area contributed by atoms with Crippen molar-refractivity contribution in [3.8, 4) is 11.4 Å². The molecule has 0 radical (unpaired) electrons. The zero-order valence-corrected chi connectivity index (χ0v) is 12.7. The standard InChI is InChI=1S/C17H18N4O/c1-12(11-22-2)19-17-14-7-3-4-8-15(14)20-16(21-17)13-6-5-9-18-10-13/h3-10,12H,11H2,1-2H3,(H,19,20,21)/t12-/m1/s1. The van der Waals surface area contributed by atoms with E-state index in [-0.39, 0.29) is 6.04 Å². The van der Waals surface area contributed by atoms with Gasteiger partial charge in [-0.1, -0.05) is 12.1 Å². The van der Waals surface area contributed by atoms with Gasteiger partial charge in [-0.25, -0.2) is 9.97 Å². The molecular weight excluding hydrogens is 276 g/mol. The Morgan fingerprint density at radius 3 is 2.77 bits per heavy atom. The van der Waals surface area contributed by atoms with E-state index in [1.54, 1.807) is 19.5 Å². The lowest BCUT2D eigenvalue weighted by Crippen LogP contribution is -2.21. The summed E-state index contributed by atoms with van der Waals surface area (Å²) in [5.41, 5.74) is 1.80. The molecule has 1 atom stereocenters. The average molecular weight is 294 g/mol. The van der Waals surface area contributed by atoms with E-state index in [0.29, 0.717) is 12.4 Å². The largest absolute Gasteiger partial charge is 0.383 e. The number of hydrogen-bond acceptors (Lipinski definition) is 5. The van der Waals surface area contributed by atoms with Crippen molar-refractivity contribution in [3.63, 3.8) is 0 Å². The maximum atomic E-state index is 5.19. The van der Waals surface area contributed by atoms with E-state index in [0.717, 1.165) is 22.3 Å². The van der Waals surface area contributed by atoms with Gasteiger partial charge in [0.25, 0.3) is 0 Å². The number of aromatic nitrogens is 3. The number of anilines is 1. The first-order valence-electron chi connectivity index (χ1n) is 7.20. The molecule has 0 saturated carbocycles. The lowest BCUT2D eigenvalue weighted by atomic mass is 10.2. The predicted molar refractivity (Wildman–Crippen MR) is 87.7 cm³/mol. The summed E-state index contributed by atoms with van der Waals surface area (Å²) in [5, 5.41) is 4.40. The van der Waals surface area contributed by atoms with Crippen molar-refractivity contribution in [1.82, 2.24) is 15.0 Å². The molecule has 2 aromatic heterocycles. The van der Waals surface area contributed by atoms with Gasteiger partial charge in [-0.3, -0.25) is 4.98 Å². The van der Waals surface area contributed by atoms with E-state index < -0.39 is 0 Å². The van der Waals surface area contributed by atoms with Gasteiger partial charge in [0.1, 0.15) is 5.82 Å². The molecular formula is C17H18N4O. The highest BCUT2D eigenvalue weighted by Crippen LogP contribution is 2.24. The zero-order chi connectivity index (χ0) is 15.4. The minimum Gasteiger partial charge on any atom is -0.383 e. The van der Waals surface area contributed by atoms with Crippen molar-refractivity contribution < 1.29 is 4.74 Å². The minimum atomic E-state index is 0.157. The minimum absolute atomic E-state index is 0.157. The van der Waals surface area contributed by atoms with E-state index in [1.165, 1.54) is 0 Å². The number of benzene rings is 1. The van der Waals surface area contributed by atoms with Crippen LogP contribution in [0.25, 0.3) is 22.3 Å². The number of nitrogens with one attached hydrogen (secondary N) is 1. The van der Waals surface area contributed by atoms with Crippen LogP contribution in [0.4, 0.5) is 5.82 Å². The molecule has 0 aliphatic heterocycles. The quantitative estimate of drug-likeness (QED) is 0.783. The third-order valence-electron chi connectivity index (χ3n) is 3.32. The van der Waals surface area contributed by atoms with Gasteiger partial charge in [-0.15, -0.1) is 0 Å². The Labute approximate surface area is 129 Å². The van der Waals surface area contributed by atoms with E-state index in [4.69, 9.17) is 4.74 Å². The smallest absolute Gasteiger partial charge is 0.163 e. The highest BCUT2D eigenvalue weighted by molar-refractivity contribution is 5.90. The number of ether oxygens (including phenoxy) is 1. The molecule has 0 aliphatic carbocycles. The number of fused-ring (bicyclic) bond motifs is 1. The predicted octanol–water partition coefficient (Wildman–Crippen LogP) is 3.14. The van der Waals surface area contributed by atoms with Crippen LogP contribution >= 0.6 is 0 Å². The highest BCUT2D eigenvalue weighted by Gasteiger charge is 2.11. The number of para-hydroxylation sites is 1. The second-order valence-corrected chi connectivity index (χ2v) is 5.16. The Hall–Kier alpha value is -2.53. The summed E-state index contributed by atoms with van der Waals surface area (Å²) in [5.74, 6) is 1.48. The van der Waals surface area contributed by atoms with Gasteiger partial charge in [0.05, 0.1) is 12.1 Å². The molecule has 0 spiro atoms. The molecule has 1 N–H and O–H groups in total. The van der Waals surface area contributed by atoms with Gasteiger partial charge in [-0.05, 0) is 31.2 Å². The number of methoxy groups -OCH3 is 1. The fourth-order valence-electron chi connectivity index (χ4n) is 2.34.